The molecule has 1 aromatic carbocycles. The lowest BCUT2D eigenvalue weighted by Crippen LogP contribution is -2.52. The van der Waals surface area contributed by atoms with Crippen molar-refractivity contribution in [3.8, 4) is 0 Å². The van der Waals surface area contributed by atoms with Gasteiger partial charge in [-0.25, -0.2) is 0 Å². The fourth-order valence-electron chi connectivity index (χ4n) is 4.29. The molecule has 1 N–H and O–H groups in total. The Labute approximate surface area is 175 Å². The zero-order valence-corrected chi connectivity index (χ0v) is 17.1. The molecule has 2 amide bonds. The summed E-state index contributed by atoms with van der Waals surface area (Å²) < 4.78 is 6.30. The maximum Gasteiger partial charge on any atom is 0.253 e. The third kappa shape index (κ3) is 4.14. The number of nitrogens with zero attached hydrogens (tertiary/aromatic N) is 2. The molecule has 0 saturated carbocycles. The smallest absolute Gasteiger partial charge is 0.253 e. The summed E-state index contributed by atoms with van der Waals surface area (Å²) in [6, 6.07) is 10.6. The Morgan fingerprint density at radius 3 is 2.72 bits per heavy atom. The van der Waals surface area contributed by atoms with Crippen LogP contribution in [-0.2, 0) is 9.53 Å². The second kappa shape index (κ2) is 8.13. The lowest BCUT2D eigenvalue weighted by Gasteiger charge is -2.44. The number of anilines is 1. The number of aromatic nitrogens is 1. The Kier molecular flexibility index (Phi) is 5.56. The highest BCUT2D eigenvalue weighted by molar-refractivity contribution is 6.30. The van der Waals surface area contributed by atoms with E-state index in [9.17, 15) is 9.59 Å². The molecule has 2 saturated heterocycles. The van der Waals surface area contributed by atoms with Gasteiger partial charge in [0.2, 0.25) is 0 Å². The summed E-state index contributed by atoms with van der Waals surface area (Å²) in [7, 11) is 0. The van der Waals surface area contributed by atoms with Gasteiger partial charge in [-0.2, -0.15) is 0 Å². The molecule has 3 atom stereocenters. The third-order valence-electron chi connectivity index (χ3n) is 6.00. The van der Waals surface area contributed by atoms with Gasteiger partial charge >= 0.3 is 0 Å². The number of ether oxygens (including phenoxy) is 1. The first-order valence-corrected chi connectivity index (χ1v) is 10.3. The zero-order chi connectivity index (χ0) is 20.4. The quantitative estimate of drug-likeness (QED) is 0.831. The number of piperidine rings is 1. The van der Waals surface area contributed by atoms with Crippen molar-refractivity contribution in [3.63, 3.8) is 0 Å². The van der Waals surface area contributed by atoms with Crippen molar-refractivity contribution in [1.29, 1.82) is 0 Å². The largest absolute Gasteiger partial charge is 0.362 e. The Morgan fingerprint density at radius 1 is 1.24 bits per heavy atom. The van der Waals surface area contributed by atoms with Gasteiger partial charge < -0.3 is 15.0 Å². The van der Waals surface area contributed by atoms with Gasteiger partial charge in [-0.15, -0.1) is 0 Å². The van der Waals surface area contributed by atoms with Gasteiger partial charge in [0.05, 0.1) is 17.5 Å². The number of carbonyl (C=O) groups is 2. The number of hydrogen-bond acceptors (Lipinski definition) is 4. The van der Waals surface area contributed by atoms with E-state index in [1.54, 1.807) is 48.8 Å². The molecule has 1 aromatic heterocycles. The van der Waals surface area contributed by atoms with Crippen LogP contribution in [0.1, 0.15) is 36.5 Å². The first kappa shape index (κ1) is 19.9. The minimum atomic E-state index is -0.476. The number of amides is 2. The molecule has 29 heavy (non-hydrogen) atoms. The van der Waals surface area contributed by atoms with Crippen molar-refractivity contribution in [1.82, 2.24) is 9.88 Å². The van der Waals surface area contributed by atoms with Crippen LogP contribution < -0.4 is 5.32 Å². The van der Waals surface area contributed by atoms with Crippen LogP contribution >= 0.6 is 11.6 Å². The first-order valence-electron chi connectivity index (χ1n) is 9.90. The lowest BCUT2D eigenvalue weighted by atomic mass is 9.80. The molecule has 2 fully saturated rings. The van der Waals surface area contributed by atoms with E-state index < -0.39 is 6.10 Å². The van der Waals surface area contributed by atoms with Crippen LogP contribution in [0.2, 0.25) is 5.02 Å². The average Bonchev–Trinajstić information content (AvgIpc) is 3.16. The number of nitrogens with one attached hydrogen (secondary N) is 1. The number of carbonyl (C=O) groups excluding carboxylic acids is 2. The molecular weight excluding hydrogens is 390 g/mol. The van der Waals surface area contributed by atoms with E-state index in [1.165, 1.54) is 0 Å². The summed E-state index contributed by atoms with van der Waals surface area (Å²) in [5, 5.41) is 3.49. The van der Waals surface area contributed by atoms with Crippen LogP contribution in [0.4, 0.5) is 5.69 Å². The molecule has 2 aromatic rings. The summed E-state index contributed by atoms with van der Waals surface area (Å²) in [5.74, 6) is 0.0117. The fourth-order valence-corrected chi connectivity index (χ4v) is 4.41. The van der Waals surface area contributed by atoms with Crippen LogP contribution in [0, 0.1) is 5.92 Å². The van der Waals surface area contributed by atoms with Crippen LogP contribution in [0.25, 0.3) is 0 Å². The van der Waals surface area contributed by atoms with Crippen LogP contribution in [-0.4, -0.2) is 46.5 Å². The van der Waals surface area contributed by atoms with E-state index in [0.717, 1.165) is 12.8 Å². The van der Waals surface area contributed by atoms with E-state index in [2.05, 4.69) is 17.2 Å². The number of halogens is 1. The molecule has 4 rings (SSSR count). The SMILES string of the molecule is CC1CN(C(=O)c2ccc(Cl)cc2)CCC12CCC(C(=O)Nc1cccnc1)O2. The van der Waals surface area contributed by atoms with Gasteiger partial charge in [0, 0.05) is 35.8 Å². The summed E-state index contributed by atoms with van der Waals surface area (Å²) in [6.45, 7) is 3.32. The summed E-state index contributed by atoms with van der Waals surface area (Å²) in [4.78, 5) is 31.3. The van der Waals surface area contributed by atoms with Crippen molar-refractivity contribution in [2.75, 3.05) is 18.4 Å². The van der Waals surface area contributed by atoms with Crippen LogP contribution in [0.15, 0.2) is 48.8 Å². The van der Waals surface area contributed by atoms with E-state index >= 15 is 0 Å². The maximum absolute atomic E-state index is 12.8. The minimum absolute atomic E-state index is 0.00670. The summed E-state index contributed by atoms with van der Waals surface area (Å²) >= 11 is 5.92. The first-order chi connectivity index (χ1) is 14.0. The number of rotatable bonds is 3. The summed E-state index contributed by atoms with van der Waals surface area (Å²) in [6.07, 6.45) is 5.04. The molecule has 0 radical (unpaired) electrons. The van der Waals surface area contributed by atoms with E-state index in [1.807, 2.05) is 4.90 Å². The monoisotopic (exact) mass is 413 g/mol. The van der Waals surface area contributed by atoms with Crippen molar-refractivity contribution >= 4 is 29.1 Å². The fraction of sp³-hybridized carbons (Fsp3) is 0.409. The molecule has 7 heteroatoms. The minimum Gasteiger partial charge on any atom is -0.362 e. The second-order valence-corrected chi connectivity index (χ2v) is 8.29. The molecule has 2 aliphatic rings. The Bertz CT molecular complexity index is 890. The highest BCUT2D eigenvalue weighted by atomic mass is 35.5. The molecule has 0 bridgehead atoms. The number of hydrogen-bond donors (Lipinski definition) is 1. The molecular formula is C22H24ClN3O3. The van der Waals surface area contributed by atoms with Gasteiger partial charge in [-0.3, -0.25) is 14.6 Å². The molecule has 3 unspecified atom stereocenters. The molecule has 2 aliphatic heterocycles. The van der Waals surface area contributed by atoms with Gasteiger partial charge in [-0.1, -0.05) is 18.5 Å². The maximum atomic E-state index is 12.8. The normalized spacial score (nSPS) is 26.5. The van der Waals surface area contributed by atoms with Crippen LogP contribution in [0.3, 0.4) is 0 Å². The zero-order valence-electron chi connectivity index (χ0n) is 16.3. The van der Waals surface area contributed by atoms with Crippen molar-refractivity contribution in [2.45, 2.75) is 37.9 Å². The second-order valence-electron chi connectivity index (χ2n) is 7.85. The van der Waals surface area contributed by atoms with Crippen molar-refractivity contribution in [2.24, 2.45) is 5.92 Å². The van der Waals surface area contributed by atoms with Gasteiger partial charge in [0.15, 0.2) is 0 Å². The highest BCUT2D eigenvalue weighted by Crippen LogP contribution is 2.42. The topological polar surface area (TPSA) is 71.5 Å². The summed E-state index contributed by atoms with van der Waals surface area (Å²) in [5.41, 5.74) is 0.949. The highest BCUT2D eigenvalue weighted by Gasteiger charge is 2.49. The van der Waals surface area contributed by atoms with Gasteiger partial charge in [0.1, 0.15) is 6.10 Å². The van der Waals surface area contributed by atoms with Crippen molar-refractivity contribution in [3.05, 3.63) is 59.4 Å². The van der Waals surface area contributed by atoms with Crippen LogP contribution in [0.5, 0.6) is 0 Å². The van der Waals surface area contributed by atoms with E-state index in [0.29, 0.717) is 35.8 Å². The molecule has 6 nitrogen and oxygen atoms in total. The average molecular weight is 414 g/mol. The van der Waals surface area contributed by atoms with Gasteiger partial charge in [0.25, 0.3) is 11.8 Å². The molecule has 3 heterocycles. The molecule has 1 spiro atoms. The van der Waals surface area contributed by atoms with E-state index in [4.69, 9.17) is 16.3 Å². The molecule has 152 valence electrons. The van der Waals surface area contributed by atoms with Gasteiger partial charge in [-0.05, 0) is 55.7 Å². The Morgan fingerprint density at radius 2 is 2.03 bits per heavy atom. The predicted octanol–water partition coefficient (Wildman–Crippen LogP) is 3.77. The predicted molar refractivity (Wildman–Crippen MR) is 111 cm³/mol. The number of pyridine rings is 1. The Balaban J connectivity index is 1.37. The Hall–Kier alpha value is -2.44. The molecule has 0 aliphatic carbocycles. The lowest BCUT2D eigenvalue weighted by molar-refractivity contribution is -0.141. The third-order valence-corrected chi connectivity index (χ3v) is 6.26. The van der Waals surface area contributed by atoms with Crippen molar-refractivity contribution < 1.29 is 14.3 Å². The van der Waals surface area contributed by atoms with E-state index in [-0.39, 0.29) is 23.3 Å². The number of likely N-dealkylation sites (tertiary alicyclic amines) is 1. The number of benzene rings is 1. The standard InChI is InChI=1S/C22H24ClN3O3/c1-15-14-26(21(28)16-4-6-17(23)7-5-16)12-10-22(15)9-8-19(29-22)20(27)25-18-3-2-11-24-13-18/h2-7,11,13,15,19H,8-10,12,14H2,1H3,(H,25,27).